The molecule has 10 heteroatoms. The van der Waals surface area contributed by atoms with Crippen LogP contribution in [0.5, 0.6) is 0 Å². The molecule has 1 N–H and O–H groups in total. The van der Waals surface area contributed by atoms with E-state index >= 15 is 0 Å². The number of amides is 1. The van der Waals surface area contributed by atoms with Gasteiger partial charge in [-0.3, -0.25) is 9.59 Å². The smallest absolute Gasteiger partial charge is 0.308 e. The molecule has 4 aliphatic rings. The van der Waals surface area contributed by atoms with Gasteiger partial charge in [0.1, 0.15) is 12.1 Å². The first-order chi connectivity index (χ1) is 16.2. The van der Waals surface area contributed by atoms with E-state index in [1.165, 1.54) is 0 Å². The summed E-state index contributed by atoms with van der Waals surface area (Å²) in [7, 11) is 0. The van der Waals surface area contributed by atoms with Crippen molar-refractivity contribution in [3.05, 3.63) is 0 Å². The van der Waals surface area contributed by atoms with Crippen LogP contribution in [0.15, 0.2) is 0 Å². The van der Waals surface area contributed by atoms with E-state index < -0.39 is 24.3 Å². The fourth-order valence-corrected chi connectivity index (χ4v) is 5.21. The normalized spacial score (nSPS) is 33.8. The van der Waals surface area contributed by atoms with Gasteiger partial charge in [-0.05, 0) is 52.6 Å². The highest BCUT2D eigenvalue weighted by atomic mass is 16.8. The molecule has 4 heterocycles. The Morgan fingerprint density at radius 2 is 1.91 bits per heavy atom. The fraction of sp³-hybridized carbons (Fsp3) is 0.875. The van der Waals surface area contributed by atoms with Crippen LogP contribution in [0.1, 0.15) is 53.4 Å². The van der Waals surface area contributed by atoms with Gasteiger partial charge in [0.05, 0.1) is 18.5 Å². The summed E-state index contributed by atoms with van der Waals surface area (Å²) in [4.78, 5) is 28.8. The van der Waals surface area contributed by atoms with Crippen molar-refractivity contribution in [3.63, 3.8) is 0 Å². The van der Waals surface area contributed by atoms with Gasteiger partial charge in [0.15, 0.2) is 24.3 Å². The molecule has 34 heavy (non-hydrogen) atoms. The molecule has 4 saturated heterocycles. The first-order valence-corrected chi connectivity index (χ1v) is 12.5. The Hall–Kier alpha value is -1.77. The van der Waals surface area contributed by atoms with Crippen molar-refractivity contribution in [2.24, 2.45) is 5.92 Å². The molecular weight excluding hydrogens is 440 g/mol. The Morgan fingerprint density at radius 3 is 2.59 bits per heavy atom. The monoisotopic (exact) mass is 478 g/mol. The summed E-state index contributed by atoms with van der Waals surface area (Å²) in [5.41, 5.74) is 0. The predicted octanol–water partition coefficient (Wildman–Crippen LogP) is 0.999. The van der Waals surface area contributed by atoms with Crippen molar-refractivity contribution >= 4 is 11.9 Å². The first kappa shape index (κ1) is 25.3. The van der Waals surface area contributed by atoms with Gasteiger partial charge in [-0.2, -0.15) is 5.26 Å². The summed E-state index contributed by atoms with van der Waals surface area (Å²) >= 11 is 0. The average Bonchev–Trinajstić information content (AvgIpc) is 3.46. The maximum Gasteiger partial charge on any atom is 0.308 e. The SMILES string of the molecule is CC(C)C(=O)O[C@@H]1[C@H]2OC(C)(C)O[C@H]2O[C@@H]1CN1CCC(NCC(=O)N2CCC[C@H]2C#N)CC1. The summed E-state index contributed by atoms with van der Waals surface area (Å²) in [5, 5.41) is 12.6. The van der Waals surface area contributed by atoms with Gasteiger partial charge < -0.3 is 34.1 Å². The lowest BCUT2D eigenvalue weighted by atomic mass is 10.0. The number of carbonyl (C=O) groups is 2. The number of esters is 1. The van der Waals surface area contributed by atoms with Gasteiger partial charge in [-0.25, -0.2) is 0 Å². The van der Waals surface area contributed by atoms with Crippen molar-refractivity contribution in [2.45, 2.75) is 95.9 Å². The second-order valence-corrected chi connectivity index (χ2v) is 10.5. The highest BCUT2D eigenvalue weighted by Gasteiger charge is 2.56. The molecule has 0 aliphatic carbocycles. The molecule has 10 nitrogen and oxygen atoms in total. The van der Waals surface area contributed by atoms with E-state index in [1.54, 1.807) is 4.90 Å². The highest BCUT2D eigenvalue weighted by Crippen LogP contribution is 2.39. The van der Waals surface area contributed by atoms with E-state index in [4.69, 9.17) is 18.9 Å². The van der Waals surface area contributed by atoms with E-state index in [9.17, 15) is 14.9 Å². The summed E-state index contributed by atoms with van der Waals surface area (Å²) < 4.78 is 23.8. The van der Waals surface area contributed by atoms with Crippen LogP contribution in [0.3, 0.4) is 0 Å². The molecule has 4 aliphatic heterocycles. The number of fused-ring (bicyclic) bond motifs is 1. The lowest BCUT2D eigenvalue weighted by molar-refractivity contribution is -0.221. The largest absolute Gasteiger partial charge is 0.456 e. The van der Waals surface area contributed by atoms with Gasteiger partial charge >= 0.3 is 5.97 Å². The number of rotatable bonds is 7. The molecule has 0 aromatic rings. The molecule has 0 aromatic carbocycles. The van der Waals surface area contributed by atoms with Crippen LogP contribution in [0.4, 0.5) is 0 Å². The minimum absolute atomic E-state index is 0.00936. The second kappa shape index (κ2) is 10.5. The van der Waals surface area contributed by atoms with Crippen LogP contribution in [-0.4, -0.2) is 96.9 Å². The van der Waals surface area contributed by atoms with Gasteiger partial charge in [0, 0.05) is 19.1 Å². The third kappa shape index (κ3) is 5.71. The van der Waals surface area contributed by atoms with Crippen molar-refractivity contribution in [1.29, 1.82) is 5.26 Å². The first-order valence-electron chi connectivity index (χ1n) is 12.5. The number of carbonyl (C=O) groups excluding carboxylic acids is 2. The molecule has 5 atom stereocenters. The van der Waals surface area contributed by atoms with Gasteiger partial charge in [-0.1, -0.05) is 13.8 Å². The number of hydrogen-bond acceptors (Lipinski definition) is 9. The summed E-state index contributed by atoms with van der Waals surface area (Å²) in [5.74, 6) is -1.26. The number of nitrogens with one attached hydrogen (secondary N) is 1. The molecule has 190 valence electrons. The lowest BCUT2D eigenvalue weighted by Gasteiger charge is -2.35. The molecule has 0 bridgehead atoms. The quantitative estimate of drug-likeness (QED) is 0.535. The number of piperidine rings is 1. The standard InChI is InChI=1S/C24H38N4O6/c1-15(2)22(30)32-20-18(31-23-21(20)33-24(3,4)34-23)14-27-10-7-16(8-11-27)26-13-19(29)28-9-5-6-17(28)12-25/h15-18,20-21,23,26H,5-11,13-14H2,1-4H3/t17-,18+,20-,21+,23+/m0/s1. The van der Waals surface area contributed by atoms with Crippen molar-refractivity contribution in [2.75, 3.05) is 32.7 Å². The number of hydrogen-bond donors (Lipinski definition) is 1. The molecule has 4 rings (SSSR count). The second-order valence-electron chi connectivity index (χ2n) is 10.5. The third-order valence-electron chi connectivity index (χ3n) is 7.10. The third-order valence-corrected chi connectivity index (χ3v) is 7.10. The van der Waals surface area contributed by atoms with Crippen molar-refractivity contribution in [1.82, 2.24) is 15.1 Å². The molecule has 0 saturated carbocycles. The molecule has 4 fully saturated rings. The van der Waals surface area contributed by atoms with Gasteiger partial charge in [-0.15, -0.1) is 0 Å². The van der Waals surface area contributed by atoms with Crippen LogP contribution in [0, 0.1) is 17.2 Å². The average molecular weight is 479 g/mol. The van der Waals surface area contributed by atoms with E-state index in [0.29, 0.717) is 13.1 Å². The molecule has 0 spiro atoms. The minimum Gasteiger partial charge on any atom is -0.456 e. The number of likely N-dealkylation sites (tertiary alicyclic amines) is 2. The molecule has 0 aromatic heterocycles. The van der Waals surface area contributed by atoms with E-state index in [0.717, 1.165) is 38.8 Å². The van der Waals surface area contributed by atoms with E-state index in [1.807, 2.05) is 27.7 Å². The predicted molar refractivity (Wildman–Crippen MR) is 121 cm³/mol. The van der Waals surface area contributed by atoms with Crippen LogP contribution in [-0.2, 0) is 28.5 Å². The Labute approximate surface area is 201 Å². The zero-order valence-corrected chi connectivity index (χ0v) is 20.7. The summed E-state index contributed by atoms with van der Waals surface area (Å²) in [6.45, 7) is 10.6. The number of ether oxygens (including phenoxy) is 4. The molecule has 0 unspecified atom stereocenters. The molecule has 0 radical (unpaired) electrons. The number of nitrogens with zero attached hydrogens (tertiary/aromatic N) is 3. The van der Waals surface area contributed by atoms with Gasteiger partial charge in [0.2, 0.25) is 5.91 Å². The number of nitriles is 1. The van der Waals surface area contributed by atoms with Crippen molar-refractivity contribution < 1.29 is 28.5 Å². The Morgan fingerprint density at radius 1 is 1.18 bits per heavy atom. The maximum atomic E-state index is 12.5. The summed E-state index contributed by atoms with van der Waals surface area (Å²) in [6.07, 6.45) is 1.67. The Kier molecular flexibility index (Phi) is 7.79. The van der Waals surface area contributed by atoms with Crippen molar-refractivity contribution in [3.8, 4) is 6.07 Å². The highest BCUT2D eigenvalue weighted by molar-refractivity contribution is 5.79. The minimum atomic E-state index is -0.771. The maximum absolute atomic E-state index is 12.5. The Balaban J connectivity index is 1.25. The Bertz CT molecular complexity index is 791. The zero-order valence-electron chi connectivity index (χ0n) is 20.7. The van der Waals surface area contributed by atoms with E-state index in [-0.39, 0.29) is 42.5 Å². The van der Waals surface area contributed by atoms with E-state index in [2.05, 4.69) is 16.3 Å². The van der Waals surface area contributed by atoms with Crippen LogP contribution in [0.2, 0.25) is 0 Å². The lowest BCUT2D eigenvalue weighted by Crippen LogP contribution is -2.50. The zero-order chi connectivity index (χ0) is 24.5. The van der Waals surface area contributed by atoms with Gasteiger partial charge in [0.25, 0.3) is 0 Å². The topological polar surface area (TPSA) is 113 Å². The van der Waals surface area contributed by atoms with Crippen LogP contribution >= 0.6 is 0 Å². The molecular formula is C24H38N4O6. The molecule has 1 amide bonds. The summed E-state index contributed by atoms with van der Waals surface area (Å²) in [6, 6.07) is 2.20. The van der Waals surface area contributed by atoms with Crippen LogP contribution in [0.25, 0.3) is 0 Å². The fourth-order valence-electron chi connectivity index (χ4n) is 5.21. The van der Waals surface area contributed by atoms with Crippen LogP contribution < -0.4 is 5.32 Å².